The predicted molar refractivity (Wildman–Crippen MR) is 106 cm³/mol. The highest BCUT2D eigenvalue weighted by molar-refractivity contribution is 6.11. The number of allylic oxidation sites excluding steroid dienone is 1. The molecule has 0 radical (unpaired) electrons. The highest BCUT2D eigenvalue weighted by atomic mass is 16.1. The summed E-state index contributed by atoms with van der Waals surface area (Å²) in [6.45, 7) is 2.00. The first kappa shape index (κ1) is 15.3. The summed E-state index contributed by atoms with van der Waals surface area (Å²) in [6, 6.07) is 26.5. The van der Waals surface area contributed by atoms with E-state index in [1.54, 1.807) is 6.08 Å². The summed E-state index contributed by atoms with van der Waals surface area (Å²) in [5.41, 5.74) is 2.91. The molecule has 0 aliphatic rings. The highest BCUT2D eigenvalue weighted by Gasteiger charge is 2.06. The van der Waals surface area contributed by atoms with Crippen molar-refractivity contribution in [2.24, 2.45) is 0 Å². The van der Waals surface area contributed by atoms with Gasteiger partial charge in [-0.25, -0.2) is 0 Å². The molecule has 0 aliphatic carbocycles. The predicted octanol–water partition coefficient (Wildman–Crippen LogP) is 6.20. The third-order valence-corrected chi connectivity index (χ3v) is 4.52. The van der Waals surface area contributed by atoms with Gasteiger partial charge in [-0.15, -0.1) is 0 Å². The van der Waals surface area contributed by atoms with E-state index < -0.39 is 0 Å². The van der Waals surface area contributed by atoms with Crippen LogP contribution in [-0.4, -0.2) is 5.78 Å². The lowest BCUT2D eigenvalue weighted by atomic mass is 9.96. The van der Waals surface area contributed by atoms with Crippen molar-refractivity contribution in [3.8, 4) is 0 Å². The van der Waals surface area contributed by atoms with Crippen LogP contribution in [0.2, 0.25) is 0 Å². The van der Waals surface area contributed by atoms with Crippen molar-refractivity contribution in [2.45, 2.75) is 6.92 Å². The van der Waals surface area contributed by atoms with Gasteiger partial charge in [-0.05, 0) is 58.3 Å². The standard InChI is InChI=1S/C24H18O/c1-17-7-6-10-20(15-17)24(25)14-13-23-21-11-4-2-8-18(21)16-19-9-3-5-12-22(19)23/h2-16H,1H3. The van der Waals surface area contributed by atoms with Crippen LogP contribution in [0.15, 0.2) is 84.9 Å². The molecule has 1 nitrogen and oxygen atoms in total. The molecule has 0 saturated heterocycles. The molecule has 0 fully saturated rings. The second-order valence-electron chi connectivity index (χ2n) is 6.30. The Hall–Kier alpha value is -3.19. The summed E-state index contributed by atoms with van der Waals surface area (Å²) in [5.74, 6) is 0.0284. The van der Waals surface area contributed by atoms with Gasteiger partial charge in [-0.2, -0.15) is 0 Å². The largest absolute Gasteiger partial charge is 0.289 e. The second kappa shape index (κ2) is 6.37. The molecule has 0 aromatic heterocycles. The van der Waals surface area contributed by atoms with E-state index in [-0.39, 0.29) is 5.78 Å². The molecule has 0 heterocycles. The van der Waals surface area contributed by atoms with Gasteiger partial charge in [-0.3, -0.25) is 4.79 Å². The third kappa shape index (κ3) is 2.97. The number of rotatable bonds is 3. The van der Waals surface area contributed by atoms with Crippen LogP contribution in [0.3, 0.4) is 0 Å². The molecular formula is C24H18O. The molecule has 120 valence electrons. The Bertz CT molecular complexity index is 1070. The topological polar surface area (TPSA) is 17.1 Å². The number of carbonyl (C=O) groups is 1. The van der Waals surface area contributed by atoms with Gasteiger partial charge in [0.25, 0.3) is 0 Å². The highest BCUT2D eigenvalue weighted by Crippen LogP contribution is 2.29. The average molecular weight is 322 g/mol. The van der Waals surface area contributed by atoms with Gasteiger partial charge in [0.05, 0.1) is 0 Å². The number of ketones is 1. The van der Waals surface area contributed by atoms with Crippen LogP contribution in [0.5, 0.6) is 0 Å². The minimum absolute atomic E-state index is 0.0284. The van der Waals surface area contributed by atoms with Crippen molar-refractivity contribution in [1.29, 1.82) is 0 Å². The van der Waals surface area contributed by atoms with Crippen LogP contribution in [0.4, 0.5) is 0 Å². The molecule has 0 unspecified atom stereocenters. The first-order chi connectivity index (χ1) is 12.2. The molecule has 0 bridgehead atoms. The zero-order chi connectivity index (χ0) is 17.2. The van der Waals surface area contributed by atoms with Crippen LogP contribution in [0.1, 0.15) is 21.5 Å². The SMILES string of the molecule is Cc1cccc(C(=O)C=Cc2c3ccccc3cc3ccccc23)c1. The van der Waals surface area contributed by atoms with Gasteiger partial charge < -0.3 is 0 Å². The summed E-state index contributed by atoms with van der Waals surface area (Å²) in [4.78, 5) is 12.6. The van der Waals surface area contributed by atoms with E-state index in [0.29, 0.717) is 0 Å². The summed E-state index contributed by atoms with van der Waals surface area (Å²) in [5, 5.41) is 4.69. The molecule has 4 aromatic carbocycles. The maximum Gasteiger partial charge on any atom is 0.185 e. The fourth-order valence-electron chi connectivity index (χ4n) is 3.28. The number of carbonyl (C=O) groups excluding carboxylic acids is 1. The molecular weight excluding hydrogens is 304 g/mol. The van der Waals surface area contributed by atoms with E-state index in [9.17, 15) is 4.79 Å². The minimum atomic E-state index is 0.0284. The second-order valence-corrected chi connectivity index (χ2v) is 6.30. The minimum Gasteiger partial charge on any atom is -0.289 e. The normalized spacial score (nSPS) is 11.4. The fourth-order valence-corrected chi connectivity index (χ4v) is 3.28. The molecule has 0 atom stereocenters. The van der Waals surface area contributed by atoms with Gasteiger partial charge >= 0.3 is 0 Å². The van der Waals surface area contributed by atoms with Gasteiger partial charge in [-0.1, -0.05) is 72.3 Å². The van der Waals surface area contributed by atoms with E-state index >= 15 is 0 Å². The van der Waals surface area contributed by atoms with Crippen molar-refractivity contribution in [1.82, 2.24) is 0 Å². The van der Waals surface area contributed by atoms with E-state index in [2.05, 4.69) is 30.3 Å². The fraction of sp³-hybridized carbons (Fsp3) is 0.0417. The van der Waals surface area contributed by atoms with Crippen LogP contribution in [0.25, 0.3) is 27.6 Å². The van der Waals surface area contributed by atoms with Crippen molar-refractivity contribution in [2.75, 3.05) is 0 Å². The number of benzene rings is 4. The van der Waals surface area contributed by atoms with E-state index in [4.69, 9.17) is 0 Å². The number of fused-ring (bicyclic) bond motifs is 2. The zero-order valence-electron chi connectivity index (χ0n) is 14.1. The third-order valence-electron chi connectivity index (χ3n) is 4.52. The van der Waals surface area contributed by atoms with Crippen molar-refractivity contribution in [3.05, 3.63) is 102 Å². The Morgan fingerprint density at radius 3 is 2.04 bits per heavy atom. The molecule has 0 aliphatic heterocycles. The molecule has 1 heteroatoms. The Morgan fingerprint density at radius 1 is 0.760 bits per heavy atom. The quantitative estimate of drug-likeness (QED) is 0.249. The van der Waals surface area contributed by atoms with Gasteiger partial charge in [0.1, 0.15) is 0 Å². The van der Waals surface area contributed by atoms with Gasteiger partial charge in [0, 0.05) is 5.56 Å². The Morgan fingerprint density at radius 2 is 1.40 bits per heavy atom. The summed E-state index contributed by atoms with van der Waals surface area (Å²) < 4.78 is 0. The first-order valence-electron chi connectivity index (χ1n) is 8.42. The maximum absolute atomic E-state index is 12.6. The molecule has 4 rings (SSSR count). The van der Waals surface area contributed by atoms with Crippen LogP contribution >= 0.6 is 0 Å². The number of hydrogen-bond acceptors (Lipinski definition) is 1. The number of hydrogen-bond donors (Lipinski definition) is 0. The van der Waals surface area contributed by atoms with Gasteiger partial charge in [0.15, 0.2) is 5.78 Å². The Labute approximate surface area is 147 Å². The summed E-state index contributed by atoms with van der Waals surface area (Å²) >= 11 is 0. The van der Waals surface area contributed by atoms with E-state index in [1.807, 2.05) is 61.5 Å². The van der Waals surface area contributed by atoms with Crippen molar-refractivity contribution >= 4 is 33.4 Å². The summed E-state index contributed by atoms with van der Waals surface area (Å²) in [7, 11) is 0. The van der Waals surface area contributed by atoms with Gasteiger partial charge in [0.2, 0.25) is 0 Å². The molecule has 0 N–H and O–H groups in total. The average Bonchev–Trinajstić information content (AvgIpc) is 2.65. The maximum atomic E-state index is 12.6. The van der Waals surface area contributed by atoms with Crippen LogP contribution < -0.4 is 0 Å². The molecule has 4 aromatic rings. The summed E-state index contributed by atoms with van der Waals surface area (Å²) in [6.07, 6.45) is 3.64. The lowest BCUT2D eigenvalue weighted by Crippen LogP contribution is -1.94. The smallest absolute Gasteiger partial charge is 0.185 e. The van der Waals surface area contributed by atoms with Crippen molar-refractivity contribution in [3.63, 3.8) is 0 Å². The van der Waals surface area contributed by atoms with Crippen molar-refractivity contribution < 1.29 is 4.79 Å². The van der Waals surface area contributed by atoms with Crippen LogP contribution in [-0.2, 0) is 0 Å². The lowest BCUT2D eigenvalue weighted by Gasteiger charge is -2.08. The lowest BCUT2D eigenvalue weighted by molar-refractivity contribution is 0.104. The monoisotopic (exact) mass is 322 g/mol. The Kier molecular flexibility index (Phi) is 3.91. The Balaban J connectivity index is 1.86. The zero-order valence-corrected chi connectivity index (χ0v) is 14.1. The van der Waals surface area contributed by atoms with Crippen LogP contribution in [0, 0.1) is 6.92 Å². The van der Waals surface area contributed by atoms with E-state index in [0.717, 1.165) is 27.5 Å². The molecule has 0 amide bonds. The molecule has 25 heavy (non-hydrogen) atoms. The molecule has 0 saturated carbocycles. The molecule has 0 spiro atoms. The first-order valence-corrected chi connectivity index (χ1v) is 8.42. The van der Waals surface area contributed by atoms with E-state index in [1.165, 1.54) is 10.8 Å². The number of aryl methyl sites for hydroxylation is 1.